The third-order valence-electron chi connectivity index (χ3n) is 4.35. The number of benzene rings is 1. The number of hydrogen-bond acceptors (Lipinski definition) is 3. The molecule has 3 rings (SSSR count). The van der Waals surface area contributed by atoms with Gasteiger partial charge in [0.15, 0.2) is 5.78 Å². The summed E-state index contributed by atoms with van der Waals surface area (Å²) in [5, 5.41) is 5.70. The molecule has 2 aromatic rings. The number of ketones is 1. The number of para-hydroxylation sites is 1. The summed E-state index contributed by atoms with van der Waals surface area (Å²) < 4.78 is 0. The number of Topliss-reactive ketones (excluding diaryl/α,β-unsaturated/α-hetero) is 1. The molecule has 0 spiro atoms. The molecule has 1 aliphatic carbocycles. The van der Waals surface area contributed by atoms with Crippen molar-refractivity contribution in [2.45, 2.75) is 39.7 Å². The van der Waals surface area contributed by atoms with Gasteiger partial charge in [-0.25, -0.2) is 0 Å². The molecule has 3 N–H and O–H groups in total. The van der Waals surface area contributed by atoms with Gasteiger partial charge in [-0.2, -0.15) is 0 Å². The third-order valence-corrected chi connectivity index (χ3v) is 4.35. The molecule has 6 nitrogen and oxygen atoms in total. The molecule has 1 aliphatic rings. The number of aryl methyl sites for hydroxylation is 1. The molecule has 0 bridgehead atoms. The summed E-state index contributed by atoms with van der Waals surface area (Å²) in [6.07, 6.45) is 1.99. The smallest absolute Gasteiger partial charge is 0.272 e. The van der Waals surface area contributed by atoms with Crippen LogP contribution in [-0.4, -0.2) is 28.6 Å². The van der Waals surface area contributed by atoms with Crippen molar-refractivity contribution in [3.63, 3.8) is 0 Å². The van der Waals surface area contributed by atoms with Crippen LogP contribution in [0.4, 0.5) is 5.69 Å². The Bertz CT molecular complexity index is 863. The van der Waals surface area contributed by atoms with Gasteiger partial charge in [0.05, 0.1) is 11.3 Å². The van der Waals surface area contributed by atoms with Crippen molar-refractivity contribution in [1.29, 1.82) is 0 Å². The van der Waals surface area contributed by atoms with E-state index in [1.54, 1.807) is 38.1 Å². The van der Waals surface area contributed by atoms with Crippen molar-refractivity contribution < 1.29 is 14.4 Å². The molecule has 0 atom stereocenters. The Kier molecular flexibility index (Phi) is 4.44. The zero-order valence-corrected chi connectivity index (χ0v) is 14.5. The van der Waals surface area contributed by atoms with E-state index in [2.05, 4.69) is 15.6 Å². The summed E-state index contributed by atoms with van der Waals surface area (Å²) in [7, 11) is 0. The number of carbonyl (C=O) groups is 3. The van der Waals surface area contributed by atoms with E-state index in [0.717, 1.165) is 12.8 Å². The van der Waals surface area contributed by atoms with E-state index in [1.165, 1.54) is 6.92 Å². The van der Waals surface area contributed by atoms with Crippen molar-refractivity contribution in [3.05, 3.63) is 52.3 Å². The first-order valence-electron chi connectivity index (χ1n) is 8.29. The van der Waals surface area contributed by atoms with Gasteiger partial charge in [-0.1, -0.05) is 12.1 Å². The van der Waals surface area contributed by atoms with Crippen LogP contribution < -0.4 is 10.6 Å². The Hall–Kier alpha value is -2.89. The van der Waals surface area contributed by atoms with Gasteiger partial charge in [0.2, 0.25) is 0 Å². The lowest BCUT2D eigenvalue weighted by Gasteiger charge is -2.11. The average molecular weight is 339 g/mol. The Balaban J connectivity index is 1.85. The third kappa shape index (κ3) is 3.47. The fourth-order valence-electron chi connectivity index (χ4n) is 2.97. The number of amides is 2. The maximum absolute atomic E-state index is 12.6. The minimum atomic E-state index is -0.375. The first-order valence-corrected chi connectivity index (χ1v) is 8.29. The quantitative estimate of drug-likeness (QED) is 0.731. The summed E-state index contributed by atoms with van der Waals surface area (Å²) in [6.45, 7) is 4.97. The molecule has 0 unspecified atom stereocenters. The first-order chi connectivity index (χ1) is 11.9. The summed E-state index contributed by atoms with van der Waals surface area (Å²) in [5.74, 6) is -0.656. The van der Waals surface area contributed by atoms with E-state index in [0.29, 0.717) is 33.8 Å². The number of hydrogen-bond donors (Lipinski definition) is 3. The second kappa shape index (κ2) is 6.55. The molecular weight excluding hydrogens is 318 g/mol. The zero-order chi connectivity index (χ0) is 18.1. The summed E-state index contributed by atoms with van der Waals surface area (Å²) in [4.78, 5) is 39.7. The largest absolute Gasteiger partial charge is 0.354 e. The Labute approximate surface area is 146 Å². The molecule has 2 amide bonds. The van der Waals surface area contributed by atoms with Crippen LogP contribution >= 0.6 is 0 Å². The standard InChI is InChI=1S/C19H21N3O3/c1-10-16(12(3)23)11(2)20-17(10)19(25)22-15-7-5-4-6-14(15)18(24)21-13-8-9-13/h4-7,13,20H,8-9H2,1-3H3,(H,21,24)(H,22,25). The number of anilines is 1. The second-order valence-corrected chi connectivity index (χ2v) is 6.43. The number of nitrogens with one attached hydrogen (secondary N) is 3. The molecule has 1 heterocycles. The maximum Gasteiger partial charge on any atom is 0.272 e. The highest BCUT2D eigenvalue weighted by molar-refractivity contribution is 6.10. The highest BCUT2D eigenvalue weighted by Crippen LogP contribution is 2.23. The minimum Gasteiger partial charge on any atom is -0.354 e. The van der Waals surface area contributed by atoms with E-state index in [-0.39, 0.29) is 23.6 Å². The predicted octanol–water partition coefficient (Wildman–Crippen LogP) is 2.98. The minimum absolute atomic E-state index is 0.0884. The molecule has 0 saturated heterocycles. The normalized spacial score (nSPS) is 13.4. The van der Waals surface area contributed by atoms with Crippen LogP contribution in [0.1, 0.15) is 62.2 Å². The van der Waals surface area contributed by atoms with Crippen molar-refractivity contribution in [1.82, 2.24) is 10.3 Å². The zero-order valence-electron chi connectivity index (χ0n) is 14.5. The van der Waals surface area contributed by atoms with Crippen LogP contribution in [0.5, 0.6) is 0 Å². The van der Waals surface area contributed by atoms with Crippen molar-refractivity contribution >= 4 is 23.3 Å². The van der Waals surface area contributed by atoms with Gasteiger partial charge >= 0.3 is 0 Å². The van der Waals surface area contributed by atoms with Crippen LogP contribution in [-0.2, 0) is 0 Å². The molecule has 25 heavy (non-hydrogen) atoms. The van der Waals surface area contributed by atoms with Gasteiger partial charge in [0.1, 0.15) is 5.69 Å². The van der Waals surface area contributed by atoms with E-state index < -0.39 is 0 Å². The van der Waals surface area contributed by atoms with E-state index in [9.17, 15) is 14.4 Å². The lowest BCUT2D eigenvalue weighted by atomic mass is 10.1. The van der Waals surface area contributed by atoms with E-state index >= 15 is 0 Å². The fourth-order valence-corrected chi connectivity index (χ4v) is 2.97. The number of rotatable bonds is 5. The summed E-state index contributed by atoms with van der Waals surface area (Å²) >= 11 is 0. The monoisotopic (exact) mass is 339 g/mol. The van der Waals surface area contributed by atoms with Gasteiger partial charge in [-0.05, 0) is 51.3 Å². The topological polar surface area (TPSA) is 91.1 Å². The highest BCUT2D eigenvalue weighted by atomic mass is 16.2. The molecule has 6 heteroatoms. The van der Waals surface area contributed by atoms with Gasteiger partial charge in [-0.15, -0.1) is 0 Å². The number of H-pyrrole nitrogens is 1. The van der Waals surface area contributed by atoms with Crippen molar-refractivity contribution in [2.24, 2.45) is 0 Å². The molecule has 1 aromatic carbocycles. The molecule has 130 valence electrons. The van der Waals surface area contributed by atoms with Gasteiger partial charge in [0.25, 0.3) is 11.8 Å². The highest BCUT2D eigenvalue weighted by Gasteiger charge is 2.25. The van der Waals surface area contributed by atoms with Crippen molar-refractivity contribution in [2.75, 3.05) is 5.32 Å². The lowest BCUT2D eigenvalue weighted by molar-refractivity contribution is 0.0951. The van der Waals surface area contributed by atoms with Gasteiger partial charge in [-0.3, -0.25) is 14.4 Å². The lowest BCUT2D eigenvalue weighted by Crippen LogP contribution is -2.27. The van der Waals surface area contributed by atoms with E-state index in [1.807, 2.05) is 0 Å². The number of aromatic amines is 1. The first kappa shape index (κ1) is 17.0. The molecule has 0 aliphatic heterocycles. The van der Waals surface area contributed by atoms with Gasteiger partial charge in [0, 0.05) is 17.3 Å². The van der Waals surface area contributed by atoms with Crippen LogP contribution in [0, 0.1) is 13.8 Å². The van der Waals surface area contributed by atoms with Crippen LogP contribution in [0.2, 0.25) is 0 Å². The second-order valence-electron chi connectivity index (χ2n) is 6.43. The molecule has 1 aromatic heterocycles. The van der Waals surface area contributed by atoms with Crippen LogP contribution in [0.3, 0.4) is 0 Å². The maximum atomic E-state index is 12.6. The molecular formula is C19H21N3O3. The van der Waals surface area contributed by atoms with Gasteiger partial charge < -0.3 is 15.6 Å². The summed E-state index contributed by atoms with van der Waals surface area (Å²) in [6, 6.07) is 7.13. The molecule has 0 radical (unpaired) electrons. The summed E-state index contributed by atoms with van der Waals surface area (Å²) in [5.41, 5.74) is 3.01. The van der Waals surface area contributed by atoms with Crippen LogP contribution in [0.25, 0.3) is 0 Å². The SMILES string of the molecule is CC(=O)c1c(C)[nH]c(C(=O)Nc2ccccc2C(=O)NC2CC2)c1C. The Morgan fingerprint density at radius 2 is 1.76 bits per heavy atom. The Morgan fingerprint density at radius 1 is 1.08 bits per heavy atom. The fraction of sp³-hybridized carbons (Fsp3) is 0.316. The van der Waals surface area contributed by atoms with E-state index in [4.69, 9.17) is 0 Å². The number of aromatic nitrogens is 1. The Morgan fingerprint density at radius 3 is 2.36 bits per heavy atom. The van der Waals surface area contributed by atoms with Crippen LogP contribution in [0.15, 0.2) is 24.3 Å². The molecule has 1 saturated carbocycles. The number of carbonyl (C=O) groups excluding carboxylic acids is 3. The average Bonchev–Trinajstić information content (AvgIpc) is 3.30. The van der Waals surface area contributed by atoms with Crippen molar-refractivity contribution in [3.8, 4) is 0 Å². The molecule has 1 fully saturated rings. The predicted molar refractivity (Wildman–Crippen MR) is 95.2 cm³/mol.